The van der Waals surface area contributed by atoms with Gasteiger partial charge in [-0.2, -0.15) is 0 Å². The van der Waals surface area contributed by atoms with E-state index in [1.165, 1.54) is 17.7 Å². The summed E-state index contributed by atoms with van der Waals surface area (Å²) in [6.45, 7) is 3.98. The number of benzene rings is 3. The zero-order chi connectivity index (χ0) is 19.0. The quantitative estimate of drug-likeness (QED) is 0.491. The normalized spacial score (nSPS) is 11.1. The summed E-state index contributed by atoms with van der Waals surface area (Å²) in [4.78, 5) is 4.55. The minimum absolute atomic E-state index is 0.218. The molecule has 0 aliphatic heterocycles. The van der Waals surface area contributed by atoms with E-state index in [0.717, 1.165) is 33.2 Å². The van der Waals surface area contributed by atoms with Crippen LogP contribution < -0.4 is 0 Å². The first kappa shape index (κ1) is 17.2. The Kier molecular flexibility index (Phi) is 4.36. The molecule has 0 aliphatic carbocycles. The van der Waals surface area contributed by atoms with Crippen molar-refractivity contribution < 1.29 is 9.50 Å². The standard InChI is InChI=1S/C24H20FNO/c1-15-5-3-4-6-20(15)21-11-16(2)24(27)23-22(21)13-18(14-26-23)12-17-7-9-19(25)10-8-17/h3-11,13-14,27H,12H2,1-2H3. The molecule has 0 fully saturated rings. The van der Waals surface area contributed by atoms with Crippen molar-refractivity contribution in [3.63, 3.8) is 0 Å². The summed E-state index contributed by atoms with van der Waals surface area (Å²) in [5.74, 6) is -0.0201. The van der Waals surface area contributed by atoms with Crippen LogP contribution in [0.4, 0.5) is 4.39 Å². The van der Waals surface area contributed by atoms with Gasteiger partial charge in [0.1, 0.15) is 17.1 Å². The Balaban J connectivity index is 1.88. The summed E-state index contributed by atoms with van der Waals surface area (Å²) in [6, 6.07) is 18.8. The van der Waals surface area contributed by atoms with Crippen LogP contribution in [0.2, 0.25) is 0 Å². The number of aryl methyl sites for hydroxylation is 2. The van der Waals surface area contributed by atoms with Crippen LogP contribution in [0, 0.1) is 19.7 Å². The molecule has 1 N–H and O–H groups in total. The van der Waals surface area contributed by atoms with E-state index in [4.69, 9.17) is 0 Å². The number of nitrogens with zero attached hydrogens (tertiary/aromatic N) is 1. The summed E-state index contributed by atoms with van der Waals surface area (Å²) in [5, 5.41) is 11.4. The number of hydrogen-bond donors (Lipinski definition) is 1. The number of fused-ring (bicyclic) bond motifs is 1. The Labute approximate surface area is 158 Å². The molecule has 134 valence electrons. The lowest BCUT2D eigenvalue weighted by molar-refractivity contribution is 0.476. The smallest absolute Gasteiger partial charge is 0.144 e. The maximum atomic E-state index is 13.2. The van der Waals surface area contributed by atoms with Crippen LogP contribution in [0.1, 0.15) is 22.3 Å². The van der Waals surface area contributed by atoms with Gasteiger partial charge in [0.15, 0.2) is 0 Å². The summed E-state index contributed by atoms with van der Waals surface area (Å²) >= 11 is 0. The monoisotopic (exact) mass is 357 g/mol. The van der Waals surface area contributed by atoms with Crippen molar-refractivity contribution in [2.75, 3.05) is 0 Å². The Morgan fingerprint density at radius 1 is 0.852 bits per heavy atom. The van der Waals surface area contributed by atoms with Gasteiger partial charge >= 0.3 is 0 Å². The van der Waals surface area contributed by atoms with Crippen molar-refractivity contribution in [2.45, 2.75) is 20.3 Å². The van der Waals surface area contributed by atoms with Gasteiger partial charge in [-0.15, -0.1) is 0 Å². The number of hydrogen-bond acceptors (Lipinski definition) is 2. The summed E-state index contributed by atoms with van der Waals surface area (Å²) in [5.41, 5.74) is 6.82. The number of halogens is 1. The molecule has 3 heteroatoms. The van der Waals surface area contributed by atoms with Crippen molar-refractivity contribution in [2.24, 2.45) is 0 Å². The predicted molar refractivity (Wildman–Crippen MR) is 108 cm³/mol. The first-order chi connectivity index (χ1) is 13.0. The largest absolute Gasteiger partial charge is 0.505 e. The molecule has 0 saturated heterocycles. The van der Waals surface area contributed by atoms with Crippen LogP contribution in [0.15, 0.2) is 66.9 Å². The molecule has 0 amide bonds. The van der Waals surface area contributed by atoms with Gasteiger partial charge < -0.3 is 5.11 Å². The first-order valence-corrected chi connectivity index (χ1v) is 8.94. The van der Waals surface area contributed by atoms with E-state index >= 15 is 0 Å². The van der Waals surface area contributed by atoms with E-state index in [1.807, 2.05) is 25.1 Å². The molecule has 0 atom stereocenters. The zero-order valence-electron chi connectivity index (χ0n) is 15.3. The van der Waals surface area contributed by atoms with Crippen LogP contribution in [0.5, 0.6) is 5.75 Å². The third-order valence-electron chi connectivity index (χ3n) is 4.95. The van der Waals surface area contributed by atoms with E-state index in [0.29, 0.717) is 11.9 Å². The van der Waals surface area contributed by atoms with E-state index in [-0.39, 0.29) is 11.6 Å². The molecule has 3 aromatic carbocycles. The van der Waals surface area contributed by atoms with Gasteiger partial charge in [-0.3, -0.25) is 4.98 Å². The predicted octanol–water partition coefficient (Wildman–Crippen LogP) is 5.95. The molecule has 0 saturated carbocycles. The first-order valence-electron chi connectivity index (χ1n) is 8.94. The molecule has 2 nitrogen and oxygen atoms in total. The van der Waals surface area contributed by atoms with Crippen LogP contribution in [0.3, 0.4) is 0 Å². The molecule has 4 aromatic rings. The Morgan fingerprint density at radius 3 is 2.33 bits per heavy atom. The van der Waals surface area contributed by atoms with E-state index in [1.54, 1.807) is 18.3 Å². The van der Waals surface area contributed by atoms with E-state index in [2.05, 4.69) is 30.1 Å². The average Bonchev–Trinajstić information content (AvgIpc) is 2.67. The number of pyridine rings is 1. The molecule has 27 heavy (non-hydrogen) atoms. The van der Waals surface area contributed by atoms with Crippen LogP contribution in [-0.2, 0) is 6.42 Å². The maximum absolute atomic E-state index is 13.2. The van der Waals surface area contributed by atoms with Crippen LogP contribution >= 0.6 is 0 Å². The van der Waals surface area contributed by atoms with E-state index < -0.39 is 0 Å². The molecular weight excluding hydrogens is 337 g/mol. The fraction of sp³-hybridized carbons (Fsp3) is 0.125. The Hall–Kier alpha value is -3.20. The lowest BCUT2D eigenvalue weighted by Crippen LogP contribution is -1.94. The number of aromatic nitrogens is 1. The Morgan fingerprint density at radius 2 is 1.59 bits per heavy atom. The highest BCUT2D eigenvalue weighted by molar-refractivity contribution is 5.99. The van der Waals surface area contributed by atoms with Crippen LogP contribution in [-0.4, -0.2) is 10.1 Å². The maximum Gasteiger partial charge on any atom is 0.144 e. The molecule has 1 aromatic heterocycles. The van der Waals surface area contributed by atoms with Gasteiger partial charge in [-0.25, -0.2) is 4.39 Å². The third kappa shape index (κ3) is 3.28. The number of phenolic OH excluding ortho intramolecular Hbond substituents is 1. The highest BCUT2D eigenvalue weighted by Gasteiger charge is 2.14. The topological polar surface area (TPSA) is 33.1 Å². The van der Waals surface area contributed by atoms with Crippen molar-refractivity contribution >= 4 is 10.9 Å². The van der Waals surface area contributed by atoms with Gasteiger partial charge in [0.05, 0.1) is 0 Å². The third-order valence-corrected chi connectivity index (χ3v) is 4.95. The van der Waals surface area contributed by atoms with Gasteiger partial charge in [0.25, 0.3) is 0 Å². The number of phenols is 1. The summed E-state index contributed by atoms with van der Waals surface area (Å²) in [7, 11) is 0. The zero-order valence-corrected chi connectivity index (χ0v) is 15.3. The SMILES string of the molecule is Cc1ccccc1-c1cc(C)c(O)c2ncc(Cc3ccc(F)cc3)cc12. The summed E-state index contributed by atoms with van der Waals surface area (Å²) in [6.07, 6.45) is 2.44. The molecule has 0 aliphatic rings. The second kappa shape index (κ2) is 6.84. The minimum atomic E-state index is -0.238. The number of rotatable bonds is 3. The highest BCUT2D eigenvalue weighted by atomic mass is 19.1. The molecule has 0 spiro atoms. The second-order valence-electron chi connectivity index (χ2n) is 6.95. The number of aromatic hydroxyl groups is 1. The molecule has 0 bridgehead atoms. The molecule has 0 radical (unpaired) electrons. The van der Waals surface area contributed by atoms with Crippen molar-refractivity contribution in [1.29, 1.82) is 0 Å². The van der Waals surface area contributed by atoms with Crippen LogP contribution in [0.25, 0.3) is 22.0 Å². The summed E-state index contributed by atoms with van der Waals surface area (Å²) < 4.78 is 13.2. The minimum Gasteiger partial charge on any atom is -0.505 e. The fourth-order valence-electron chi connectivity index (χ4n) is 3.48. The molecule has 1 heterocycles. The molecule has 0 unspecified atom stereocenters. The highest BCUT2D eigenvalue weighted by Crippen LogP contribution is 2.37. The Bertz CT molecular complexity index is 1130. The van der Waals surface area contributed by atoms with Gasteiger partial charge in [-0.1, -0.05) is 36.4 Å². The lowest BCUT2D eigenvalue weighted by Gasteiger charge is -2.14. The van der Waals surface area contributed by atoms with Gasteiger partial charge in [0.2, 0.25) is 0 Å². The van der Waals surface area contributed by atoms with E-state index in [9.17, 15) is 9.50 Å². The molecular formula is C24H20FNO. The van der Waals surface area contributed by atoms with Gasteiger partial charge in [0, 0.05) is 11.6 Å². The molecule has 4 rings (SSSR count). The second-order valence-corrected chi connectivity index (χ2v) is 6.95. The van der Waals surface area contributed by atoms with Crippen molar-refractivity contribution in [3.05, 3.63) is 94.9 Å². The van der Waals surface area contributed by atoms with Gasteiger partial charge in [-0.05, 0) is 77.9 Å². The van der Waals surface area contributed by atoms with Crippen molar-refractivity contribution in [3.8, 4) is 16.9 Å². The fourth-order valence-corrected chi connectivity index (χ4v) is 3.48. The average molecular weight is 357 g/mol. The lowest BCUT2D eigenvalue weighted by atomic mass is 9.93. The van der Waals surface area contributed by atoms with Crippen molar-refractivity contribution in [1.82, 2.24) is 4.98 Å².